The van der Waals surface area contributed by atoms with Crippen molar-refractivity contribution in [1.29, 1.82) is 0 Å². The molecule has 8 aliphatic rings. The average molecular weight is 677 g/mol. The first-order valence-corrected chi connectivity index (χ1v) is 18.2. The minimum atomic E-state index is -1.82. The second-order valence-corrected chi connectivity index (χ2v) is 18.5. The van der Waals surface area contributed by atoms with Crippen LogP contribution in [0.1, 0.15) is 93.9 Å². The van der Waals surface area contributed by atoms with Crippen molar-refractivity contribution >= 4 is 5.97 Å². The van der Waals surface area contributed by atoms with Gasteiger partial charge in [-0.05, 0) is 75.0 Å². The van der Waals surface area contributed by atoms with Gasteiger partial charge in [-0.1, -0.05) is 46.3 Å². The molecule has 5 aliphatic carbocycles. The molecule has 270 valence electrons. The maximum atomic E-state index is 12.9. The number of fused-ring (bicyclic) bond motifs is 5. The zero-order valence-corrected chi connectivity index (χ0v) is 29.6. The number of esters is 1. The van der Waals surface area contributed by atoms with Crippen molar-refractivity contribution in [3.63, 3.8) is 0 Å². The van der Waals surface area contributed by atoms with Crippen LogP contribution in [0.15, 0.2) is 11.6 Å². The summed E-state index contributed by atoms with van der Waals surface area (Å²) in [5.74, 6) is -2.11. The molecule has 0 bridgehead atoms. The summed E-state index contributed by atoms with van der Waals surface area (Å²) in [6.07, 6.45) is -0.377. The van der Waals surface area contributed by atoms with Gasteiger partial charge in [-0.15, -0.1) is 0 Å². The molecule has 0 aromatic heterocycles. The number of carbonyl (C=O) groups is 1. The largest absolute Gasteiger partial charge is 0.462 e. The summed E-state index contributed by atoms with van der Waals surface area (Å²) in [6, 6.07) is 0. The normalized spacial score (nSPS) is 58.7. The zero-order valence-electron chi connectivity index (χ0n) is 29.6. The molecule has 8 rings (SSSR count). The van der Waals surface area contributed by atoms with E-state index in [0.717, 1.165) is 32.1 Å². The van der Waals surface area contributed by atoms with Crippen molar-refractivity contribution in [1.82, 2.24) is 0 Å². The number of allylic oxidation sites excluding steroid dienone is 2. The van der Waals surface area contributed by atoms with E-state index in [2.05, 4.69) is 40.7 Å². The molecule has 0 amide bonds. The van der Waals surface area contributed by atoms with E-state index in [4.69, 9.17) is 23.7 Å². The summed E-state index contributed by atoms with van der Waals surface area (Å²) in [5.41, 5.74) is -0.907. The van der Waals surface area contributed by atoms with Gasteiger partial charge in [0.05, 0.1) is 24.4 Å². The van der Waals surface area contributed by atoms with Crippen LogP contribution >= 0.6 is 0 Å². The molecule has 17 atom stereocenters. The van der Waals surface area contributed by atoms with Crippen molar-refractivity contribution in [3.8, 4) is 0 Å². The monoisotopic (exact) mass is 676 g/mol. The number of ether oxygens (including phenoxy) is 5. The quantitative estimate of drug-likeness (QED) is 0.221. The predicted octanol–water partition coefficient (Wildman–Crippen LogP) is 2.58. The van der Waals surface area contributed by atoms with Crippen LogP contribution in [0.4, 0.5) is 0 Å². The van der Waals surface area contributed by atoms with E-state index in [-0.39, 0.29) is 64.9 Å². The second kappa shape index (κ2) is 10.0. The maximum Gasteiger partial charge on any atom is 0.302 e. The lowest BCUT2D eigenvalue weighted by Crippen LogP contribution is -2.64. The van der Waals surface area contributed by atoms with Gasteiger partial charge in [0.2, 0.25) is 5.79 Å². The molecule has 2 spiro atoms. The van der Waals surface area contributed by atoms with Gasteiger partial charge in [0, 0.05) is 29.1 Å². The summed E-state index contributed by atoms with van der Waals surface area (Å²) in [5, 5.41) is 54.0. The van der Waals surface area contributed by atoms with Crippen LogP contribution in [-0.2, 0) is 28.5 Å². The van der Waals surface area contributed by atoms with Gasteiger partial charge in [0.1, 0.15) is 36.6 Å². The number of carbonyl (C=O) groups excluding carboxylic acids is 1. The predicted molar refractivity (Wildman–Crippen MR) is 170 cm³/mol. The molecule has 7 fully saturated rings. The molecule has 3 saturated heterocycles. The number of hydrogen-bond donors (Lipinski definition) is 5. The van der Waals surface area contributed by atoms with E-state index in [1.54, 1.807) is 13.8 Å². The molecule has 3 heterocycles. The van der Waals surface area contributed by atoms with E-state index in [0.29, 0.717) is 6.42 Å². The van der Waals surface area contributed by atoms with Crippen molar-refractivity contribution < 1.29 is 54.0 Å². The summed E-state index contributed by atoms with van der Waals surface area (Å²) >= 11 is 0. The third-order valence-electron chi connectivity index (χ3n) is 15.8. The van der Waals surface area contributed by atoms with Gasteiger partial charge < -0.3 is 49.2 Å². The summed E-state index contributed by atoms with van der Waals surface area (Å²) < 4.78 is 31.5. The Hall–Kier alpha value is -1.15. The first kappa shape index (κ1) is 34.0. The minimum absolute atomic E-state index is 0.0107. The van der Waals surface area contributed by atoms with Crippen LogP contribution in [0.2, 0.25) is 0 Å². The molecule has 3 aliphatic heterocycles. The Kier molecular flexibility index (Phi) is 7.10. The molecule has 0 aromatic carbocycles. The van der Waals surface area contributed by atoms with Crippen LogP contribution in [0.3, 0.4) is 0 Å². The molecule has 48 heavy (non-hydrogen) atoms. The summed E-state index contributed by atoms with van der Waals surface area (Å²) in [4.78, 5) is 12.9. The molecule has 0 unspecified atom stereocenters. The van der Waals surface area contributed by atoms with Gasteiger partial charge in [0.15, 0.2) is 6.29 Å². The zero-order chi connectivity index (χ0) is 34.8. The number of aliphatic hydroxyl groups excluding tert-OH is 4. The van der Waals surface area contributed by atoms with Gasteiger partial charge in [-0.3, -0.25) is 4.79 Å². The standard InChI is InChI=1S/C37H56O11/c1-17-25-20(47-37(43)28(17)48-32(5,6)30(37)42)13-33(7)22-10-9-21-31(3,4)23(46-29-27(41)26(40)19(39)15-44-29)11-12-35(21)16-36(22,35)14-24(34(25,33)8)45-18(2)38/h10,17,19-21,23-30,39-43H,9,11-16H2,1-8H3/t17-,19+,20-,21-,23-,24+,25-,26-,27+,28+,29-,30+,33-,34+,35+,36-,37-/m0/s1. The number of rotatable bonds is 3. The van der Waals surface area contributed by atoms with Crippen molar-refractivity contribution in [2.75, 3.05) is 6.61 Å². The third-order valence-corrected chi connectivity index (χ3v) is 15.8. The van der Waals surface area contributed by atoms with Crippen LogP contribution < -0.4 is 0 Å². The number of aliphatic hydroxyl groups is 5. The Labute approximate surface area is 283 Å². The number of hydrogen-bond acceptors (Lipinski definition) is 11. The fourth-order valence-corrected chi connectivity index (χ4v) is 13.5. The van der Waals surface area contributed by atoms with Crippen LogP contribution in [0, 0.1) is 44.8 Å². The Morgan fingerprint density at radius 3 is 2.38 bits per heavy atom. The van der Waals surface area contributed by atoms with Crippen LogP contribution in [-0.4, -0.2) is 105 Å². The van der Waals surface area contributed by atoms with Gasteiger partial charge in [0.25, 0.3) is 0 Å². The maximum absolute atomic E-state index is 12.9. The van der Waals surface area contributed by atoms with Crippen LogP contribution in [0.25, 0.3) is 0 Å². The fraction of sp³-hybridized carbons (Fsp3) is 0.919. The molecule has 0 radical (unpaired) electrons. The molecular weight excluding hydrogens is 620 g/mol. The van der Waals surface area contributed by atoms with E-state index < -0.39 is 59.0 Å². The lowest BCUT2D eigenvalue weighted by Gasteiger charge is -2.62. The Morgan fingerprint density at radius 1 is 0.979 bits per heavy atom. The van der Waals surface area contributed by atoms with Crippen molar-refractivity contribution in [2.24, 2.45) is 44.8 Å². The molecular formula is C37H56O11. The van der Waals surface area contributed by atoms with Gasteiger partial charge in [-0.25, -0.2) is 0 Å². The SMILES string of the molecule is CC(=O)O[C@@H]1C[C@@]23C[C@@]24CC[C@H](O[C@@H]2OC[C@@H](O)[C@H](O)[C@H]2O)C(C)(C)[C@@H]4CC=C3[C@]2(C)C[C@@H]3O[C@@]4(O)[C@H](OC(C)(C)[C@H]4O)[C@@H](C)[C@@H]3[C@@]12C. The second-order valence-electron chi connectivity index (χ2n) is 18.5. The van der Waals surface area contributed by atoms with E-state index in [1.165, 1.54) is 12.5 Å². The first-order valence-electron chi connectivity index (χ1n) is 18.2. The van der Waals surface area contributed by atoms with Gasteiger partial charge in [-0.2, -0.15) is 0 Å². The highest BCUT2D eigenvalue weighted by Crippen LogP contribution is 2.88. The van der Waals surface area contributed by atoms with Crippen molar-refractivity contribution in [2.45, 2.75) is 160 Å². The molecule has 4 saturated carbocycles. The lowest BCUT2D eigenvalue weighted by molar-refractivity contribution is -0.329. The fourth-order valence-electron chi connectivity index (χ4n) is 13.5. The van der Waals surface area contributed by atoms with E-state index in [9.17, 15) is 30.3 Å². The topological polar surface area (TPSA) is 164 Å². The molecule has 5 N–H and O–H groups in total. The highest BCUT2D eigenvalue weighted by atomic mass is 16.7. The first-order chi connectivity index (χ1) is 22.2. The Balaban J connectivity index is 1.15. The Bertz CT molecular complexity index is 1410. The summed E-state index contributed by atoms with van der Waals surface area (Å²) in [6.45, 7) is 16.1. The third kappa shape index (κ3) is 3.89. The van der Waals surface area contributed by atoms with E-state index >= 15 is 0 Å². The molecule has 11 heteroatoms. The van der Waals surface area contributed by atoms with E-state index in [1.807, 2.05) is 0 Å². The highest BCUT2D eigenvalue weighted by Gasteiger charge is 2.85. The van der Waals surface area contributed by atoms with Crippen LogP contribution in [0.5, 0.6) is 0 Å². The summed E-state index contributed by atoms with van der Waals surface area (Å²) in [7, 11) is 0. The minimum Gasteiger partial charge on any atom is -0.462 e. The highest BCUT2D eigenvalue weighted by molar-refractivity contribution is 5.66. The average Bonchev–Trinajstić information content (AvgIpc) is 3.52. The Morgan fingerprint density at radius 2 is 1.69 bits per heavy atom. The van der Waals surface area contributed by atoms with Crippen molar-refractivity contribution in [3.05, 3.63) is 11.6 Å². The smallest absolute Gasteiger partial charge is 0.302 e. The van der Waals surface area contributed by atoms with Gasteiger partial charge >= 0.3 is 5.97 Å². The molecule has 11 nitrogen and oxygen atoms in total. The molecule has 0 aromatic rings. The lowest BCUT2D eigenvalue weighted by atomic mass is 9.44.